The predicted octanol–water partition coefficient (Wildman–Crippen LogP) is 3.86. The van der Waals surface area contributed by atoms with Crippen LogP contribution in [0.15, 0.2) is 35.3 Å². The molecule has 33 heavy (non-hydrogen) atoms. The van der Waals surface area contributed by atoms with Crippen molar-refractivity contribution in [2.75, 3.05) is 33.2 Å². The Morgan fingerprint density at radius 3 is 2.58 bits per heavy atom. The first-order valence-corrected chi connectivity index (χ1v) is 12.7. The smallest absolute Gasteiger partial charge is 0.225 e. The number of halogens is 1. The Morgan fingerprint density at radius 2 is 1.85 bits per heavy atom. The Labute approximate surface area is 217 Å². The molecule has 184 valence electrons. The fourth-order valence-electron chi connectivity index (χ4n) is 5.72. The van der Waals surface area contributed by atoms with Gasteiger partial charge in [0, 0.05) is 57.8 Å². The van der Waals surface area contributed by atoms with Crippen molar-refractivity contribution in [3.8, 4) is 0 Å². The minimum atomic E-state index is 0. The first-order valence-electron chi connectivity index (χ1n) is 12.7. The van der Waals surface area contributed by atoms with Gasteiger partial charge in [0.15, 0.2) is 5.96 Å². The zero-order valence-electron chi connectivity index (χ0n) is 20.3. The first kappa shape index (κ1) is 26.3. The van der Waals surface area contributed by atoms with Crippen LogP contribution in [0.25, 0.3) is 0 Å². The van der Waals surface area contributed by atoms with E-state index in [4.69, 9.17) is 0 Å². The second-order valence-corrected chi connectivity index (χ2v) is 10.1. The number of guanidine groups is 1. The van der Waals surface area contributed by atoms with Crippen LogP contribution in [0.3, 0.4) is 0 Å². The molecule has 1 saturated carbocycles. The number of likely N-dealkylation sites (tertiary alicyclic amines) is 2. The molecule has 4 rings (SSSR count). The fourth-order valence-corrected chi connectivity index (χ4v) is 5.72. The van der Waals surface area contributed by atoms with Crippen LogP contribution in [-0.4, -0.2) is 67.0 Å². The molecular weight excluding hydrogens is 525 g/mol. The molecule has 3 atom stereocenters. The third-order valence-corrected chi connectivity index (χ3v) is 7.60. The van der Waals surface area contributed by atoms with Gasteiger partial charge in [-0.3, -0.25) is 14.7 Å². The number of nitrogens with one attached hydrogen (secondary N) is 2. The van der Waals surface area contributed by atoms with Gasteiger partial charge in [-0.05, 0) is 44.1 Å². The van der Waals surface area contributed by atoms with Crippen molar-refractivity contribution < 1.29 is 4.79 Å². The highest BCUT2D eigenvalue weighted by molar-refractivity contribution is 14.0. The van der Waals surface area contributed by atoms with Gasteiger partial charge in [0.05, 0.1) is 0 Å². The summed E-state index contributed by atoms with van der Waals surface area (Å²) in [6.07, 6.45) is 8.10. The zero-order valence-corrected chi connectivity index (χ0v) is 22.7. The van der Waals surface area contributed by atoms with Crippen molar-refractivity contribution in [1.29, 1.82) is 0 Å². The topological polar surface area (TPSA) is 60.0 Å². The number of carbonyl (C=O) groups excluding carboxylic acids is 1. The quantitative estimate of drug-likeness (QED) is 0.312. The minimum Gasteiger partial charge on any atom is -0.356 e. The maximum atomic E-state index is 12.8. The number of benzene rings is 1. The van der Waals surface area contributed by atoms with E-state index in [9.17, 15) is 4.79 Å². The van der Waals surface area contributed by atoms with Crippen LogP contribution in [0, 0.1) is 11.8 Å². The molecule has 6 nitrogen and oxygen atoms in total. The summed E-state index contributed by atoms with van der Waals surface area (Å²) in [5.74, 6) is 2.15. The maximum absolute atomic E-state index is 12.8. The van der Waals surface area contributed by atoms with E-state index in [2.05, 4.69) is 62.7 Å². The van der Waals surface area contributed by atoms with Gasteiger partial charge < -0.3 is 15.5 Å². The maximum Gasteiger partial charge on any atom is 0.225 e. The molecule has 0 radical (unpaired) electrons. The highest BCUT2D eigenvalue weighted by atomic mass is 127. The van der Waals surface area contributed by atoms with E-state index in [1.54, 1.807) is 0 Å². The first-order chi connectivity index (χ1) is 15.6. The number of aliphatic imine (C=N–C) groups is 1. The van der Waals surface area contributed by atoms with Gasteiger partial charge in [0.1, 0.15) is 0 Å². The van der Waals surface area contributed by atoms with Crippen LogP contribution >= 0.6 is 24.0 Å². The molecule has 1 aliphatic carbocycles. The van der Waals surface area contributed by atoms with Gasteiger partial charge in [-0.1, -0.05) is 49.6 Å². The monoisotopic (exact) mass is 567 g/mol. The molecule has 2 N–H and O–H groups in total. The number of amides is 1. The average Bonchev–Trinajstić information content (AvgIpc) is 3.44. The third kappa shape index (κ3) is 7.31. The Bertz CT molecular complexity index is 767. The van der Waals surface area contributed by atoms with Gasteiger partial charge in [0.25, 0.3) is 0 Å². The minimum absolute atomic E-state index is 0. The molecule has 7 heteroatoms. The molecule has 1 aromatic rings. The van der Waals surface area contributed by atoms with E-state index in [1.165, 1.54) is 31.2 Å². The Hall–Kier alpha value is -1.35. The lowest BCUT2D eigenvalue weighted by Crippen LogP contribution is -2.46. The van der Waals surface area contributed by atoms with Crippen LogP contribution in [0.2, 0.25) is 0 Å². The van der Waals surface area contributed by atoms with E-state index >= 15 is 0 Å². The van der Waals surface area contributed by atoms with E-state index in [1.807, 2.05) is 7.05 Å². The predicted molar refractivity (Wildman–Crippen MR) is 146 cm³/mol. The van der Waals surface area contributed by atoms with E-state index in [0.29, 0.717) is 23.9 Å². The Kier molecular flexibility index (Phi) is 10.3. The van der Waals surface area contributed by atoms with Gasteiger partial charge in [-0.25, -0.2) is 0 Å². The summed E-state index contributed by atoms with van der Waals surface area (Å²) in [6.45, 7) is 7.10. The van der Waals surface area contributed by atoms with E-state index in [0.717, 1.165) is 57.9 Å². The average molecular weight is 568 g/mol. The normalized spacial score (nSPS) is 26.8. The molecule has 0 bridgehead atoms. The summed E-state index contributed by atoms with van der Waals surface area (Å²) in [5.41, 5.74) is 1.39. The lowest BCUT2D eigenvalue weighted by Gasteiger charge is -2.26. The molecule has 0 aromatic heterocycles. The fraction of sp³-hybridized carbons (Fsp3) is 0.692. The summed E-state index contributed by atoms with van der Waals surface area (Å²) in [5, 5.41) is 7.13. The molecule has 1 amide bonds. The molecular formula is C26H42IN5O. The second kappa shape index (κ2) is 12.9. The van der Waals surface area contributed by atoms with Crippen LogP contribution in [-0.2, 0) is 11.3 Å². The van der Waals surface area contributed by atoms with E-state index < -0.39 is 0 Å². The van der Waals surface area contributed by atoms with Crippen LogP contribution < -0.4 is 10.6 Å². The molecule has 3 unspecified atom stereocenters. The summed E-state index contributed by atoms with van der Waals surface area (Å²) in [6, 6.07) is 11.7. The van der Waals surface area contributed by atoms with Crippen molar-refractivity contribution in [3.05, 3.63) is 35.9 Å². The number of hydrogen-bond donors (Lipinski definition) is 2. The number of hydrogen-bond acceptors (Lipinski definition) is 3. The van der Waals surface area contributed by atoms with Gasteiger partial charge in [-0.2, -0.15) is 0 Å². The van der Waals surface area contributed by atoms with Crippen molar-refractivity contribution in [2.24, 2.45) is 16.8 Å². The van der Waals surface area contributed by atoms with Crippen molar-refractivity contribution in [2.45, 2.75) is 70.5 Å². The molecule has 3 fully saturated rings. The summed E-state index contributed by atoms with van der Waals surface area (Å²) >= 11 is 0. The Balaban J connectivity index is 0.00000306. The van der Waals surface area contributed by atoms with Crippen LogP contribution in [0.5, 0.6) is 0 Å². The van der Waals surface area contributed by atoms with Crippen LogP contribution in [0.1, 0.15) is 57.4 Å². The number of nitrogens with zero attached hydrogens (tertiary/aromatic N) is 3. The highest BCUT2D eigenvalue weighted by Crippen LogP contribution is 2.27. The van der Waals surface area contributed by atoms with Crippen molar-refractivity contribution >= 4 is 35.8 Å². The lowest BCUT2D eigenvalue weighted by molar-refractivity contribution is -0.135. The number of carbonyl (C=O) groups is 1. The van der Waals surface area contributed by atoms with Gasteiger partial charge >= 0.3 is 0 Å². The third-order valence-electron chi connectivity index (χ3n) is 7.60. The van der Waals surface area contributed by atoms with Gasteiger partial charge in [0.2, 0.25) is 5.91 Å². The molecule has 2 heterocycles. The molecule has 1 aromatic carbocycles. The standard InChI is InChI=1S/C26H41N5O.HI/c1-20-15-22(18-31(20)17-21-9-5-3-6-10-21)16-28-26(27-2)29-24-13-14-30(19-24)25(32)23-11-7-4-8-12-23;/h3,5-6,9-10,20,22-24H,4,7-8,11-19H2,1-2H3,(H2,27,28,29);1H. The molecule has 2 aliphatic heterocycles. The Morgan fingerprint density at radius 1 is 1.09 bits per heavy atom. The van der Waals surface area contributed by atoms with Crippen molar-refractivity contribution in [1.82, 2.24) is 20.4 Å². The zero-order chi connectivity index (χ0) is 22.3. The largest absolute Gasteiger partial charge is 0.356 e. The van der Waals surface area contributed by atoms with Crippen LogP contribution in [0.4, 0.5) is 0 Å². The second-order valence-electron chi connectivity index (χ2n) is 10.1. The molecule has 2 saturated heterocycles. The molecule has 0 spiro atoms. The molecule has 3 aliphatic rings. The van der Waals surface area contributed by atoms with E-state index in [-0.39, 0.29) is 29.9 Å². The summed E-state index contributed by atoms with van der Waals surface area (Å²) in [7, 11) is 1.84. The highest BCUT2D eigenvalue weighted by Gasteiger charge is 2.32. The van der Waals surface area contributed by atoms with Gasteiger partial charge in [-0.15, -0.1) is 24.0 Å². The lowest BCUT2D eigenvalue weighted by atomic mass is 9.88. The summed E-state index contributed by atoms with van der Waals surface area (Å²) < 4.78 is 0. The summed E-state index contributed by atoms with van der Waals surface area (Å²) in [4.78, 5) is 22.0. The van der Waals surface area contributed by atoms with Crippen molar-refractivity contribution in [3.63, 3.8) is 0 Å². The number of rotatable bonds is 6. The SMILES string of the molecule is CN=C(NCC1CC(C)N(Cc2ccccc2)C1)NC1CCN(C(=O)C2CCCCC2)C1.I.